The van der Waals surface area contributed by atoms with Crippen LogP contribution < -0.4 is 9.47 Å². The van der Waals surface area contributed by atoms with Crippen LogP contribution in [0.1, 0.15) is 0 Å². The molecule has 1 heterocycles. The van der Waals surface area contributed by atoms with Crippen LogP contribution in [0.3, 0.4) is 0 Å². The van der Waals surface area contributed by atoms with Gasteiger partial charge in [0.05, 0.1) is 18.1 Å². The number of aromatic nitrogens is 2. The summed E-state index contributed by atoms with van der Waals surface area (Å²) in [6, 6.07) is 25.1. The van der Waals surface area contributed by atoms with Crippen molar-refractivity contribution < 1.29 is 9.47 Å². The molecule has 4 rings (SSSR count). The van der Waals surface area contributed by atoms with Crippen LogP contribution in [0, 0.1) is 0 Å². The fourth-order valence-corrected chi connectivity index (χ4v) is 2.59. The molecule has 0 amide bonds. The van der Waals surface area contributed by atoms with E-state index in [9.17, 15) is 0 Å². The molecule has 0 saturated carbocycles. The fourth-order valence-electron chi connectivity index (χ4n) is 2.59. The molecule has 1 aromatic heterocycles. The molecule has 25 heavy (non-hydrogen) atoms. The van der Waals surface area contributed by atoms with E-state index in [1.54, 1.807) is 7.11 Å². The van der Waals surface area contributed by atoms with E-state index < -0.39 is 0 Å². The molecule has 122 valence electrons. The Hall–Kier alpha value is -3.40. The van der Waals surface area contributed by atoms with E-state index in [1.807, 2.05) is 78.9 Å². The lowest BCUT2D eigenvalue weighted by Gasteiger charge is -2.11. The Morgan fingerprint density at radius 3 is 1.92 bits per heavy atom. The van der Waals surface area contributed by atoms with Gasteiger partial charge in [-0.15, -0.1) is 0 Å². The highest BCUT2D eigenvalue weighted by Gasteiger charge is 2.13. The second-order valence-electron chi connectivity index (χ2n) is 5.51. The Labute approximate surface area is 145 Å². The van der Waals surface area contributed by atoms with Gasteiger partial charge >= 0.3 is 0 Å². The van der Waals surface area contributed by atoms with E-state index in [4.69, 9.17) is 14.5 Å². The molecule has 0 saturated heterocycles. The second kappa shape index (κ2) is 6.61. The molecule has 4 nitrogen and oxygen atoms in total. The minimum atomic E-state index is 0.482. The minimum absolute atomic E-state index is 0.482. The van der Waals surface area contributed by atoms with Crippen LogP contribution in [0.15, 0.2) is 78.9 Å². The SMILES string of the molecule is COc1ccc(Oc2nc3ccccc3nc2-c2ccccc2)cc1. The average molecular weight is 328 g/mol. The molecule has 0 N–H and O–H groups in total. The highest BCUT2D eigenvalue weighted by molar-refractivity contribution is 5.79. The van der Waals surface area contributed by atoms with E-state index in [2.05, 4.69) is 4.98 Å². The summed E-state index contributed by atoms with van der Waals surface area (Å²) in [6.07, 6.45) is 0. The number of nitrogens with zero attached hydrogens (tertiary/aromatic N) is 2. The van der Waals surface area contributed by atoms with E-state index in [1.165, 1.54) is 0 Å². The summed E-state index contributed by atoms with van der Waals surface area (Å²) in [6.45, 7) is 0. The lowest BCUT2D eigenvalue weighted by molar-refractivity contribution is 0.412. The Kier molecular flexibility index (Phi) is 4.01. The number of benzene rings is 3. The largest absolute Gasteiger partial charge is 0.497 e. The van der Waals surface area contributed by atoms with Gasteiger partial charge in [-0.25, -0.2) is 9.97 Å². The number of ether oxygens (including phenoxy) is 2. The van der Waals surface area contributed by atoms with Gasteiger partial charge in [-0.05, 0) is 36.4 Å². The van der Waals surface area contributed by atoms with Crippen LogP contribution in [-0.2, 0) is 0 Å². The van der Waals surface area contributed by atoms with E-state index >= 15 is 0 Å². The van der Waals surface area contributed by atoms with Crippen LogP contribution in [0.4, 0.5) is 0 Å². The van der Waals surface area contributed by atoms with Gasteiger partial charge < -0.3 is 9.47 Å². The van der Waals surface area contributed by atoms with Gasteiger partial charge in [0.2, 0.25) is 5.88 Å². The molecular weight excluding hydrogens is 312 g/mol. The molecule has 0 spiro atoms. The zero-order valence-corrected chi connectivity index (χ0v) is 13.7. The maximum atomic E-state index is 6.04. The summed E-state index contributed by atoms with van der Waals surface area (Å²) in [5.41, 5.74) is 3.31. The fraction of sp³-hybridized carbons (Fsp3) is 0.0476. The summed E-state index contributed by atoms with van der Waals surface area (Å²) < 4.78 is 11.2. The first-order valence-electron chi connectivity index (χ1n) is 7.97. The smallest absolute Gasteiger partial charge is 0.246 e. The second-order valence-corrected chi connectivity index (χ2v) is 5.51. The first kappa shape index (κ1) is 15.1. The van der Waals surface area contributed by atoms with Crippen molar-refractivity contribution in [2.24, 2.45) is 0 Å². The topological polar surface area (TPSA) is 44.2 Å². The highest BCUT2D eigenvalue weighted by Crippen LogP contribution is 2.32. The van der Waals surface area contributed by atoms with Crippen molar-refractivity contribution in [2.45, 2.75) is 0 Å². The maximum absolute atomic E-state index is 6.04. The third-order valence-electron chi connectivity index (χ3n) is 3.86. The van der Waals surface area contributed by atoms with Crippen LogP contribution in [0.2, 0.25) is 0 Å². The lowest BCUT2D eigenvalue weighted by Crippen LogP contribution is -1.96. The first-order chi connectivity index (χ1) is 12.3. The molecule has 0 unspecified atom stereocenters. The molecule has 0 fully saturated rings. The molecule has 4 aromatic rings. The van der Waals surface area contributed by atoms with Gasteiger partial charge in [-0.1, -0.05) is 42.5 Å². The number of para-hydroxylation sites is 2. The van der Waals surface area contributed by atoms with Crippen molar-refractivity contribution >= 4 is 11.0 Å². The van der Waals surface area contributed by atoms with Crippen molar-refractivity contribution in [3.05, 3.63) is 78.9 Å². The molecule has 0 aliphatic carbocycles. The highest BCUT2D eigenvalue weighted by atomic mass is 16.5. The van der Waals surface area contributed by atoms with Crippen molar-refractivity contribution in [2.75, 3.05) is 7.11 Å². The van der Waals surface area contributed by atoms with Gasteiger partial charge in [0.25, 0.3) is 0 Å². The zero-order chi connectivity index (χ0) is 17.1. The van der Waals surface area contributed by atoms with E-state index in [0.29, 0.717) is 11.6 Å². The van der Waals surface area contributed by atoms with Crippen molar-refractivity contribution in [3.63, 3.8) is 0 Å². The Morgan fingerprint density at radius 1 is 0.640 bits per heavy atom. The number of fused-ring (bicyclic) bond motifs is 1. The normalized spacial score (nSPS) is 10.6. The van der Waals surface area contributed by atoms with Gasteiger partial charge in [0.15, 0.2) is 0 Å². The molecule has 0 aliphatic heterocycles. The van der Waals surface area contributed by atoms with E-state index in [0.717, 1.165) is 28.0 Å². The van der Waals surface area contributed by atoms with Crippen LogP contribution in [0.25, 0.3) is 22.3 Å². The van der Waals surface area contributed by atoms with Crippen LogP contribution >= 0.6 is 0 Å². The molecule has 4 heteroatoms. The standard InChI is InChI=1S/C21H16N2O2/c1-24-16-11-13-17(14-12-16)25-21-20(15-7-3-2-4-8-15)22-18-9-5-6-10-19(18)23-21/h2-14H,1H3. The minimum Gasteiger partial charge on any atom is -0.497 e. The molecule has 0 atom stereocenters. The molecule has 0 bridgehead atoms. The number of methoxy groups -OCH3 is 1. The van der Waals surface area contributed by atoms with Gasteiger partial charge in [0.1, 0.15) is 17.2 Å². The summed E-state index contributed by atoms with van der Waals surface area (Å²) in [5, 5.41) is 0. The molecule has 3 aromatic carbocycles. The van der Waals surface area contributed by atoms with Crippen LogP contribution in [-0.4, -0.2) is 17.1 Å². The zero-order valence-electron chi connectivity index (χ0n) is 13.7. The van der Waals surface area contributed by atoms with Gasteiger partial charge in [-0.3, -0.25) is 0 Å². The average Bonchev–Trinajstić information content (AvgIpc) is 2.69. The van der Waals surface area contributed by atoms with Crippen LogP contribution in [0.5, 0.6) is 17.4 Å². The Morgan fingerprint density at radius 2 is 1.24 bits per heavy atom. The maximum Gasteiger partial charge on any atom is 0.246 e. The predicted molar refractivity (Wildman–Crippen MR) is 98.0 cm³/mol. The van der Waals surface area contributed by atoms with Gasteiger partial charge in [0, 0.05) is 5.56 Å². The summed E-state index contributed by atoms with van der Waals surface area (Å²) in [4.78, 5) is 9.44. The number of hydrogen-bond acceptors (Lipinski definition) is 4. The first-order valence-corrected chi connectivity index (χ1v) is 7.97. The Balaban J connectivity index is 1.82. The third-order valence-corrected chi connectivity index (χ3v) is 3.86. The van der Waals surface area contributed by atoms with E-state index in [-0.39, 0.29) is 0 Å². The van der Waals surface area contributed by atoms with Crippen molar-refractivity contribution in [3.8, 4) is 28.6 Å². The summed E-state index contributed by atoms with van der Waals surface area (Å²) >= 11 is 0. The summed E-state index contributed by atoms with van der Waals surface area (Å²) in [7, 11) is 1.64. The monoisotopic (exact) mass is 328 g/mol. The van der Waals surface area contributed by atoms with Crippen molar-refractivity contribution in [1.29, 1.82) is 0 Å². The number of rotatable bonds is 4. The quantitative estimate of drug-likeness (QED) is 0.523. The van der Waals surface area contributed by atoms with Crippen molar-refractivity contribution in [1.82, 2.24) is 9.97 Å². The molecular formula is C21H16N2O2. The number of hydrogen-bond donors (Lipinski definition) is 0. The molecule has 0 radical (unpaired) electrons. The predicted octanol–water partition coefficient (Wildman–Crippen LogP) is 5.10. The third kappa shape index (κ3) is 3.15. The molecule has 0 aliphatic rings. The summed E-state index contributed by atoms with van der Waals surface area (Å²) in [5.74, 6) is 1.94. The Bertz CT molecular complexity index is 999. The van der Waals surface area contributed by atoms with Gasteiger partial charge in [-0.2, -0.15) is 0 Å². The lowest BCUT2D eigenvalue weighted by atomic mass is 10.1.